The molecule has 0 bridgehead atoms. The van der Waals surface area contributed by atoms with E-state index in [0.717, 1.165) is 38.8 Å². The molecule has 2 atom stereocenters. The fraction of sp³-hybridized carbons (Fsp3) is 0.625. The summed E-state index contributed by atoms with van der Waals surface area (Å²) in [7, 11) is -0.834. The van der Waals surface area contributed by atoms with Crippen LogP contribution in [0.4, 0.5) is 5.69 Å². The molecule has 2 rings (SSSR count). The molecule has 0 spiro atoms. The zero-order valence-electron chi connectivity index (χ0n) is 13.0. The molecule has 0 radical (unpaired) electrons. The minimum absolute atomic E-state index is 0.141. The molecule has 0 aliphatic heterocycles. The number of hydrogen-bond donors (Lipinski definition) is 1. The van der Waals surface area contributed by atoms with E-state index in [1.54, 1.807) is 0 Å². The van der Waals surface area contributed by atoms with E-state index in [0.29, 0.717) is 0 Å². The maximum absolute atomic E-state index is 11.7. The fourth-order valence-corrected chi connectivity index (χ4v) is 4.51. The molecular weight excluding hydrogens is 284 g/mol. The molecule has 0 heterocycles. The third kappa shape index (κ3) is 4.71. The van der Waals surface area contributed by atoms with Crippen LogP contribution >= 0.6 is 0 Å². The predicted molar refractivity (Wildman–Crippen MR) is 88.6 cm³/mol. The molecule has 1 aromatic carbocycles. The lowest BCUT2D eigenvalue weighted by molar-refractivity contribution is 0.502. The van der Waals surface area contributed by atoms with Gasteiger partial charge in [0.2, 0.25) is 0 Å². The summed E-state index contributed by atoms with van der Waals surface area (Å²) in [6, 6.07) is 10.4. The second-order valence-electron chi connectivity index (χ2n) is 5.97. The van der Waals surface area contributed by atoms with Crippen molar-refractivity contribution in [2.45, 2.75) is 37.0 Å². The molecule has 1 fully saturated rings. The van der Waals surface area contributed by atoms with Crippen LogP contribution in [0, 0.1) is 0 Å². The van der Waals surface area contributed by atoms with Crippen LogP contribution in [0.25, 0.3) is 0 Å². The minimum Gasteiger partial charge on any atom is -0.375 e. The first-order valence-electron chi connectivity index (χ1n) is 7.67. The van der Waals surface area contributed by atoms with E-state index in [1.807, 2.05) is 18.2 Å². The van der Waals surface area contributed by atoms with Crippen LogP contribution < -0.4 is 10.2 Å². The van der Waals surface area contributed by atoms with Gasteiger partial charge in [0, 0.05) is 31.6 Å². The van der Waals surface area contributed by atoms with Crippen molar-refractivity contribution < 1.29 is 8.42 Å². The van der Waals surface area contributed by atoms with E-state index in [9.17, 15) is 8.42 Å². The van der Waals surface area contributed by atoms with Gasteiger partial charge >= 0.3 is 0 Å². The first-order valence-corrected chi connectivity index (χ1v) is 9.62. The highest BCUT2D eigenvalue weighted by molar-refractivity contribution is 7.91. The second kappa shape index (κ2) is 7.27. The van der Waals surface area contributed by atoms with Gasteiger partial charge < -0.3 is 10.2 Å². The molecule has 0 aromatic heterocycles. The van der Waals surface area contributed by atoms with Gasteiger partial charge in [0.1, 0.15) is 0 Å². The molecular formula is C16H26N2O2S. The Labute approximate surface area is 128 Å². The van der Waals surface area contributed by atoms with Gasteiger partial charge in [-0.15, -0.1) is 0 Å². The monoisotopic (exact) mass is 310 g/mol. The van der Waals surface area contributed by atoms with Crippen LogP contribution in [0.2, 0.25) is 0 Å². The zero-order valence-corrected chi connectivity index (χ0v) is 13.8. The Morgan fingerprint density at radius 2 is 1.95 bits per heavy atom. The lowest BCUT2D eigenvalue weighted by atomic mass is 10.2. The summed E-state index contributed by atoms with van der Waals surface area (Å²) < 4.78 is 23.4. The smallest absolute Gasteiger partial charge is 0.151 e. The van der Waals surface area contributed by atoms with Gasteiger partial charge in [-0.05, 0) is 37.9 Å². The van der Waals surface area contributed by atoms with Crippen LogP contribution in [-0.2, 0) is 9.84 Å². The molecule has 21 heavy (non-hydrogen) atoms. The van der Waals surface area contributed by atoms with Crippen molar-refractivity contribution in [2.24, 2.45) is 0 Å². The number of benzene rings is 1. The molecule has 1 aromatic rings. The third-order valence-electron chi connectivity index (χ3n) is 4.28. The quantitative estimate of drug-likeness (QED) is 0.783. The van der Waals surface area contributed by atoms with Gasteiger partial charge in [0.25, 0.3) is 0 Å². The Morgan fingerprint density at radius 1 is 1.24 bits per heavy atom. The van der Waals surface area contributed by atoms with Crippen LogP contribution in [0.5, 0.6) is 0 Å². The zero-order chi connectivity index (χ0) is 15.3. The Hall–Kier alpha value is -1.07. The summed E-state index contributed by atoms with van der Waals surface area (Å²) >= 11 is 0. The van der Waals surface area contributed by atoms with Crippen LogP contribution in [0.1, 0.15) is 25.7 Å². The number of hydrogen-bond acceptors (Lipinski definition) is 4. The van der Waals surface area contributed by atoms with Crippen molar-refractivity contribution in [3.63, 3.8) is 0 Å². The van der Waals surface area contributed by atoms with Gasteiger partial charge in [-0.25, -0.2) is 8.42 Å². The van der Waals surface area contributed by atoms with Crippen molar-refractivity contribution in [1.29, 1.82) is 0 Å². The van der Waals surface area contributed by atoms with Crippen molar-refractivity contribution in [3.05, 3.63) is 30.3 Å². The maximum atomic E-state index is 11.7. The molecule has 1 aliphatic carbocycles. The summed E-state index contributed by atoms with van der Waals surface area (Å²) in [6.07, 6.45) is 5.17. The maximum Gasteiger partial charge on any atom is 0.151 e. The normalized spacial score (nSPS) is 22.4. The van der Waals surface area contributed by atoms with E-state index in [4.69, 9.17) is 0 Å². The summed E-state index contributed by atoms with van der Waals surface area (Å²) in [5, 5.41) is 3.25. The standard InChI is InChI=1S/C16H26N2O2S/c1-18(14-8-4-3-5-9-14)13-7-12-17-15-10-6-11-16(15)21(2,19)20/h3-5,8-9,15-17H,6-7,10-13H2,1-2H3. The molecule has 0 amide bonds. The SMILES string of the molecule is CN(CCCNC1CCCC1S(C)(=O)=O)c1ccccc1. The topological polar surface area (TPSA) is 49.4 Å². The predicted octanol–water partition coefficient (Wildman–Crippen LogP) is 2.07. The number of sulfone groups is 1. The average Bonchev–Trinajstić information content (AvgIpc) is 2.93. The number of nitrogens with zero attached hydrogens (tertiary/aromatic N) is 1. The van der Waals surface area contributed by atoms with Gasteiger partial charge in [0.15, 0.2) is 9.84 Å². The first kappa shape index (κ1) is 16.3. The van der Waals surface area contributed by atoms with Crippen molar-refractivity contribution in [3.8, 4) is 0 Å². The molecule has 5 heteroatoms. The summed E-state index contributed by atoms with van der Waals surface area (Å²) in [5.41, 5.74) is 1.22. The minimum atomic E-state index is -2.92. The van der Waals surface area contributed by atoms with Gasteiger partial charge in [-0.2, -0.15) is 0 Å². The third-order valence-corrected chi connectivity index (χ3v) is 5.94. The highest BCUT2D eigenvalue weighted by Crippen LogP contribution is 2.25. The van der Waals surface area contributed by atoms with Crippen LogP contribution in [0.3, 0.4) is 0 Å². The fourth-order valence-electron chi connectivity index (χ4n) is 3.09. The Bertz CT molecular complexity index is 530. The molecule has 0 saturated heterocycles. The largest absolute Gasteiger partial charge is 0.375 e. The first-order chi connectivity index (χ1) is 9.98. The summed E-state index contributed by atoms with van der Waals surface area (Å²) in [6.45, 7) is 1.83. The van der Waals surface area contributed by atoms with E-state index in [2.05, 4.69) is 29.4 Å². The molecule has 2 unspecified atom stereocenters. The lowest BCUT2D eigenvalue weighted by Gasteiger charge is -2.22. The average molecular weight is 310 g/mol. The van der Waals surface area contributed by atoms with Crippen molar-refractivity contribution >= 4 is 15.5 Å². The van der Waals surface area contributed by atoms with Gasteiger partial charge in [0.05, 0.1) is 5.25 Å². The van der Waals surface area contributed by atoms with E-state index >= 15 is 0 Å². The van der Waals surface area contributed by atoms with E-state index in [1.165, 1.54) is 11.9 Å². The number of rotatable bonds is 7. The molecule has 1 saturated carbocycles. The molecule has 118 valence electrons. The molecule has 4 nitrogen and oxygen atoms in total. The van der Waals surface area contributed by atoms with Crippen LogP contribution in [-0.4, -0.2) is 46.1 Å². The second-order valence-corrected chi connectivity index (χ2v) is 8.23. The Morgan fingerprint density at radius 3 is 2.62 bits per heavy atom. The summed E-state index contributed by atoms with van der Waals surface area (Å²) in [4.78, 5) is 2.23. The highest BCUT2D eigenvalue weighted by Gasteiger charge is 2.34. The van der Waals surface area contributed by atoms with Crippen molar-refractivity contribution in [2.75, 3.05) is 31.3 Å². The number of nitrogens with one attached hydrogen (secondary N) is 1. The Kier molecular flexibility index (Phi) is 5.65. The highest BCUT2D eigenvalue weighted by atomic mass is 32.2. The molecule has 1 aliphatic rings. The number of anilines is 1. The van der Waals surface area contributed by atoms with Crippen LogP contribution in [0.15, 0.2) is 30.3 Å². The van der Waals surface area contributed by atoms with E-state index < -0.39 is 9.84 Å². The van der Waals surface area contributed by atoms with Gasteiger partial charge in [-0.1, -0.05) is 24.6 Å². The summed E-state index contributed by atoms with van der Waals surface area (Å²) in [5.74, 6) is 0. The lowest BCUT2D eigenvalue weighted by Crippen LogP contribution is -2.41. The van der Waals surface area contributed by atoms with Crippen molar-refractivity contribution in [1.82, 2.24) is 5.32 Å². The molecule has 1 N–H and O–H groups in total. The number of para-hydroxylation sites is 1. The van der Waals surface area contributed by atoms with E-state index in [-0.39, 0.29) is 11.3 Å². The Balaban J connectivity index is 1.72. The van der Waals surface area contributed by atoms with Gasteiger partial charge in [-0.3, -0.25) is 0 Å².